The van der Waals surface area contributed by atoms with Crippen LogP contribution >= 0.6 is 0 Å². The number of amides is 4. The van der Waals surface area contributed by atoms with Gasteiger partial charge in [0.1, 0.15) is 6.04 Å². The Bertz CT molecular complexity index is 868. The van der Waals surface area contributed by atoms with Crippen molar-refractivity contribution < 1.29 is 19.2 Å². The molecular weight excluding hydrogens is 360 g/mol. The van der Waals surface area contributed by atoms with Gasteiger partial charge in [-0.05, 0) is 38.0 Å². The second kappa shape index (κ2) is 7.10. The first-order valence-corrected chi connectivity index (χ1v) is 9.67. The smallest absolute Gasteiger partial charge is 0.262 e. The lowest BCUT2D eigenvalue weighted by atomic mass is 10.0. The van der Waals surface area contributed by atoms with Crippen LogP contribution < -0.4 is 10.6 Å². The Kier molecular flexibility index (Phi) is 4.76. The van der Waals surface area contributed by atoms with Crippen molar-refractivity contribution in [2.24, 2.45) is 0 Å². The Morgan fingerprint density at radius 1 is 1.07 bits per heavy atom. The van der Waals surface area contributed by atoms with Gasteiger partial charge in [0.15, 0.2) is 0 Å². The first-order valence-electron chi connectivity index (χ1n) is 9.67. The number of nitrogens with zero attached hydrogens (tertiary/aromatic N) is 2. The van der Waals surface area contributed by atoms with Crippen molar-refractivity contribution in [3.63, 3.8) is 0 Å². The summed E-state index contributed by atoms with van der Waals surface area (Å²) in [6.45, 7) is 6.81. The van der Waals surface area contributed by atoms with Gasteiger partial charge in [0.2, 0.25) is 11.8 Å². The normalized spacial score (nSPS) is 28.5. The summed E-state index contributed by atoms with van der Waals surface area (Å²) in [4.78, 5) is 52.5. The number of nitrogens with one attached hydrogen (secondary N) is 2. The van der Waals surface area contributed by atoms with E-state index in [2.05, 4.69) is 29.4 Å². The Hall–Kier alpha value is -2.58. The van der Waals surface area contributed by atoms with Crippen LogP contribution in [0, 0.1) is 0 Å². The predicted molar refractivity (Wildman–Crippen MR) is 100 cm³/mol. The van der Waals surface area contributed by atoms with Crippen LogP contribution in [0.1, 0.15) is 53.0 Å². The molecule has 0 bridgehead atoms. The minimum Gasteiger partial charge on any atom is -0.311 e. The monoisotopic (exact) mass is 384 g/mol. The van der Waals surface area contributed by atoms with Crippen molar-refractivity contribution in [3.05, 3.63) is 34.9 Å². The zero-order valence-corrected chi connectivity index (χ0v) is 16.0. The van der Waals surface area contributed by atoms with Crippen molar-refractivity contribution in [1.29, 1.82) is 0 Å². The fourth-order valence-corrected chi connectivity index (χ4v) is 4.17. The van der Waals surface area contributed by atoms with Crippen molar-refractivity contribution in [2.45, 2.75) is 51.4 Å². The summed E-state index contributed by atoms with van der Waals surface area (Å²) >= 11 is 0. The summed E-state index contributed by atoms with van der Waals surface area (Å²) in [5, 5.41) is 5.65. The van der Waals surface area contributed by atoms with E-state index in [1.165, 1.54) is 0 Å². The molecule has 8 heteroatoms. The molecule has 148 valence electrons. The van der Waals surface area contributed by atoms with Crippen LogP contribution in [-0.4, -0.2) is 64.6 Å². The van der Waals surface area contributed by atoms with Crippen molar-refractivity contribution in [3.8, 4) is 0 Å². The van der Waals surface area contributed by atoms with E-state index in [0.29, 0.717) is 29.8 Å². The minimum absolute atomic E-state index is 0.119. The van der Waals surface area contributed by atoms with E-state index in [0.717, 1.165) is 23.6 Å². The Morgan fingerprint density at radius 2 is 1.82 bits per heavy atom. The molecule has 0 spiro atoms. The molecule has 2 fully saturated rings. The molecule has 3 atom stereocenters. The van der Waals surface area contributed by atoms with Crippen molar-refractivity contribution in [2.75, 3.05) is 13.1 Å². The summed E-state index contributed by atoms with van der Waals surface area (Å²) in [6, 6.07) is 5.16. The zero-order chi connectivity index (χ0) is 20.0. The number of rotatable bonds is 3. The molecule has 2 saturated heterocycles. The molecule has 28 heavy (non-hydrogen) atoms. The van der Waals surface area contributed by atoms with E-state index in [1.54, 1.807) is 12.1 Å². The fourth-order valence-electron chi connectivity index (χ4n) is 4.17. The standard InChI is InChI=1S/C20H24N4O4/c1-11-9-23(12(2)8-21-11)10-13-3-4-14-15(7-13)20(28)24(19(14)27)16-5-6-17(25)22-18(16)26/h3-4,7,11-12,16,21H,5-6,8-10H2,1-2H3,(H,22,25,26). The van der Waals surface area contributed by atoms with Gasteiger partial charge in [-0.25, -0.2) is 0 Å². The molecule has 4 rings (SSSR count). The van der Waals surface area contributed by atoms with Crippen LogP contribution in [0.4, 0.5) is 0 Å². The highest BCUT2D eigenvalue weighted by Crippen LogP contribution is 2.29. The van der Waals surface area contributed by atoms with E-state index in [9.17, 15) is 19.2 Å². The lowest BCUT2D eigenvalue weighted by Crippen LogP contribution is -2.54. The highest BCUT2D eigenvalue weighted by Gasteiger charge is 2.44. The summed E-state index contributed by atoms with van der Waals surface area (Å²) in [5.41, 5.74) is 1.62. The molecule has 3 aliphatic heterocycles. The summed E-state index contributed by atoms with van der Waals surface area (Å²) in [7, 11) is 0. The third-order valence-corrected chi connectivity index (χ3v) is 5.78. The van der Waals surface area contributed by atoms with Gasteiger partial charge < -0.3 is 5.32 Å². The number of hydrogen-bond acceptors (Lipinski definition) is 6. The maximum Gasteiger partial charge on any atom is 0.262 e. The molecule has 4 amide bonds. The number of benzene rings is 1. The lowest BCUT2D eigenvalue weighted by molar-refractivity contribution is -0.136. The highest BCUT2D eigenvalue weighted by molar-refractivity contribution is 6.23. The summed E-state index contributed by atoms with van der Waals surface area (Å²) < 4.78 is 0. The SMILES string of the molecule is CC1CN(Cc2ccc3c(c2)C(=O)N(C2CCC(=O)NC2=O)C3=O)C(C)CN1. The van der Waals surface area contributed by atoms with Gasteiger partial charge in [-0.2, -0.15) is 0 Å². The van der Waals surface area contributed by atoms with Gasteiger partial charge in [-0.3, -0.25) is 34.3 Å². The second-order valence-electron chi connectivity index (χ2n) is 7.91. The number of hydrogen-bond donors (Lipinski definition) is 2. The minimum atomic E-state index is -0.928. The zero-order valence-electron chi connectivity index (χ0n) is 16.0. The number of piperazine rings is 1. The van der Waals surface area contributed by atoms with Crippen LogP contribution in [0.5, 0.6) is 0 Å². The molecule has 8 nitrogen and oxygen atoms in total. The first-order chi connectivity index (χ1) is 13.3. The first kappa shape index (κ1) is 18.8. The van der Waals surface area contributed by atoms with Crippen LogP contribution in [0.2, 0.25) is 0 Å². The van der Waals surface area contributed by atoms with E-state index in [1.807, 2.05) is 6.07 Å². The summed E-state index contributed by atoms with van der Waals surface area (Å²) in [5.74, 6) is -1.89. The molecule has 0 aliphatic carbocycles. The van der Waals surface area contributed by atoms with E-state index in [-0.39, 0.29) is 18.7 Å². The Balaban J connectivity index is 1.56. The molecule has 3 aliphatic rings. The van der Waals surface area contributed by atoms with E-state index in [4.69, 9.17) is 0 Å². The fraction of sp³-hybridized carbons (Fsp3) is 0.500. The van der Waals surface area contributed by atoms with Gasteiger partial charge in [0, 0.05) is 38.1 Å². The molecule has 3 heterocycles. The maximum absolute atomic E-state index is 12.9. The van der Waals surface area contributed by atoms with E-state index < -0.39 is 23.8 Å². The molecule has 1 aromatic carbocycles. The highest BCUT2D eigenvalue weighted by atomic mass is 16.2. The topological polar surface area (TPSA) is 98.8 Å². The number of piperidine rings is 1. The molecule has 3 unspecified atom stereocenters. The quantitative estimate of drug-likeness (QED) is 0.726. The van der Waals surface area contributed by atoms with E-state index >= 15 is 0 Å². The molecular formula is C20H24N4O4. The number of imide groups is 2. The van der Waals surface area contributed by atoms with Crippen LogP contribution in [0.25, 0.3) is 0 Å². The van der Waals surface area contributed by atoms with Crippen LogP contribution in [0.3, 0.4) is 0 Å². The largest absolute Gasteiger partial charge is 0.311 e. The van der Waals surface area contributed by atoms with Gasteiger partial charge in [0.05, 0.1) is 11.1 Å². The lowest BCUT2D eigenvalue weighted by Gasteiger charge is -2.37. The number of carbonyl (C=O) groups excluding carboxylic acids is 4. The Morgan fingerprint density at radius 3 is 2.57 bits per heavy atom. The van der Waals surface area contributed by atoms with Crippen LogP contribution in [0.15, 0.2) is 18.2 Å². The third-order valence-electron chi connectivity index (χ3n) is 5.78. The molecule has 0 aromatic heterocycles. The summed E-state index contributed by atoms with van der Waals surface area (Å²) in [6.07, 6.45) is 0.285. The van der Waals surface area contributed by atoms with Gasteiger partial charge in [-0.1, -0.05) is 6.07 Å². The molecule has 2 N–H and O–H groups in total. The predicted octanol–water partition coefficient (Wildman–Crippen LogP) is 0.270. The van der Waals surface area contributed by atoms with Crippen LogP contribution in [-0.2, 0) is 16.1 Å². The maximum atomic E-state index is 12.9. The van der Waals surface area contributed by atoms with Gasteiger partial charge in [-0.15, -0.1) is 0 Å². The Labute approximate surface area is 163 Å². The molecule has 0 saturated carbocycles. The van der Waals surface area contributed by atoms with Crippen molar-refractivity contribution >= 4 is 23.6 Å². The third kappa shape index (κ3) is 3.22. The molecule has 0 radical (unpaired) electrons. The molecule has 1 aromatic rings. The van der Waals surface area contributed by atoms with Gasteiger partial charge in [0.25, 0.3) is 11.8 Å². The van der Waals surface area contributed by atoms with Crippen molar-refractivity contribution in [1.82, 2.24) is 20.4 Å². The average Bonchev–Trinajstić information content (AvgIpc) is 2.89. The average molecular weight is 384 g/mol. The number of carbonyl (C=O) groups is 4. The second-order valence-corrected chi connectivity index (χ2v) is 7.91. The van der Waals surface area contributed by atoms with Gasteiger partial charge >= 0.3 is 0 Å². The number of fused-ring (bicyclic) bond motifs is 1.